The van der Waals surface area contributed by atoms with E-state index in [2.05, 4.69) is 9.93 Å². The number of nitrogens with zero attached hydrogens (tertiary/aromatic N) is 1. The molecule has 0 heterocycles. The van der Waals surface area contributed by atoms with E-state index in [0.29, 0.717) is 5.71 Å². The Morgan fingerprint density at radius 3 is 2.32 bits per heavy atom. The van der Waals surface area contributed by atoms with E-state index in [4.69, 9.17) is 0 Å². The fourth-order valence-corrected chi connectivity index (χ4v) is 2.58. The van der Waals surface area contributed by atoms with Crippen molar-refractivity contribution in [2.45, 2.75) is 18.7 Å². The molecule has 0 amide bonds. The zero-order valence-corrected chi connectivity index (χ0v) is 13.3. The number of hydrogen-bond donors (Lipinski definition) is 1. The molecule has 0 radical (unpaired) electrons. The SMILES string of the molecule is CC(/C=C\c1ccccc1)=N\NS(=O)(=O)c1ccc(C)cc1. The second kappa shape index (κ2) is 7.04. The largest absolute Gasteiger partial charge is 0.276 e. The summed E-state index contributed by atoms with van der Waals surface area (Å²) in [6.45, 7) is 3.64. The van der Waals surface area contributed by atoms with Crippen LogP contribution in [-0.2, 0) is 10.0 Å². The lowest BCUT2D eigenvalue weighted by Crippen LogP contribution is -2.19. The molecule has 0 aliphatic rings. The van der Waals surface area contributed by atoms with Gasteiger partial charge in [-0.05, 0) is 37.6 Å². The number of aryl methyl sites for hydroxylation is 1. The Bertz CT molecular complexity index is 777. The van der Waals surface area contributed by atoms with E-state index in [9.17, 15) is 8.42 Å². The molecule has 0 spiro atoms. The summed E-state index contributed by atoms with van der Waals surface area (Å²) in [5.41, 5.74) is 2.60. The molecule has 0 aromatic heterocycles. The number of benzene rings is 2. The first-order valence-electron chi connectivity index (χ1n) is 6.83. The lowest BCUT2D eigenvalue weighted by Gasteiger charge is -2.04. The minimum absolute atomic E-state index is 0.196. The lowest BCUT2D eigenvalue weighted by molar-refractivity contribution is 0.584. The fourth-order valence-electron chi connectivity index (χ4n) is 1.72. The number of nitrogens with one attached hydrogen (secondary N) is 1. The van der Waals surface area contributed by atoms with Crippen molar-refractivity contribution in [3.63, 3.8) is 0 Å². The molecule has 114 valence electrons. The van der Waals surface area contributed by atoms with Crippen LogP contribution in [0.2, 0.25) is 0 Å². The highest BCUT2D eigenvalue weighted by molar-refractivity contribution is 7.89. The van der Waals surface area contributed by atoms with Gasteiger partial charge in [0.25, 0.3) is 10.0 Å². The van der Waals surface area contributed by atoms with E-state index in [1.807, 2.05) is 43.3 Å². The molecule has 0 saturated heterocycles. The fraction of sp³-hybridized carbons (Fsp3) is 0.118. The van der Waals surface area contributed by atoms with Gasteiger partial charge in [0.2, 0.25) is 0 Å². The summed E-state index contributed by atoms with van der Waals surface area (Å²) in [6, 6.07) is 16.3. The highest BCUT2D eigenvalue weighted by atomic mass is 32.2. The van der Waals surface area contributed by atoms with E-state index in [1.54, 1.807) is 37.3 Å². The maximum Gasteiger partial charge on any atom is 0.276 e. The van der Waals surface area contributed by atoms with Crippen LogP contribution in [0.25, 0.3) is 6.08 Å². The minimum Gasteiger partial charge on any atom is -0.200 e. The maximum absolute atomic E-state index is 12.1. The smallest absolute Gasteiger partial charge is 0.200 e. The van der Waals surface area contributed by atoms with Gasteiger partial charge in [0, 0.05) is 0 Å². The number of hydrogen-bond acceptors (Lipinski definition) is 3. The first-order chi connectivity index (χ1) is 10.5. The predicted octanol–water partition coefficient (Wildman–Crippen LogP) is 3.36. The van der Waals surface area contributed by atoms with Crippen LogP contribution in [0.1, 0.15) is 18.1 Å². The molecule has 0 bridgehead atoms. The second-order valence-corrected chi connectivity index (χ2v) is 6.57. The van der Waals surface area contributed by atoms with Crippen LogP contribution >= 0.6 is 0 Å². The molecule has 0 saturated carbocycles. The molecule has 0 fully saturated rings. The van der Waals surface area contributed by atoms with Crippen LogP contribution in [-0.4, -0.2) is 14.1 Å². The Morgan fingerprint density at radius 1 is 1.05 bits per heavy atom. The summed E-state index contributed by atoms with van der Waals surface area (Å²) < 4.78 is 24.2. The molecule has 0 unspecified atom stereocenters. The molecule has 0 atom stereocenters. The highest BCUT2D eigenvalue weighted by Crippen LogP contribution is 2.09. The summed E-state index contributed by atoms with van der Waals surface area (Å²) in [7, 11) is -3.63. The number of allylic oxidation sites excluding steroid dienone is 1. The molecule has 0 aliphatic heterocycles. The Labute approximate surface area is 131 Å². The van der Waals surface area contributed by atoms with Gasteiger partial charge in [-0.25, -0.2) is 0 Å². The first kappa shape index (κ1) is 16.0. The van der Waals surface area contributed by atoms with Gasteiger partial charge in [-0.15, -0.1) is 0 Å². The summed E-state index contributed by atoms with van der Waals surface area (Å²) in [4.78, 5) is 2.44. The van der Waals surface area contributed by atoms with Crippen molar-refractivity contribution < 1.29 is 8.42 Å². The van der Waals surface area contributed by atoms with Gasteiger partial charge in [0.15, 0.2) is 0 Å². The topological polar surface area (TPSA) is 58.5 Å². The van der Waals surface area contributed by atoms with Gasteiger partial charge >= 0.3 is 0 Å². The van der Waals surface area contributed by atoms with E-state index in [0.717, 1.165) is 11.1 Å². The van der Waals surface area contributed by atoms with Crippen LogP contribution in [0.4, 0.5) is 0 Å². The van der Waals surface area contributed by atoms with Gasteiger partial charge in [-0.2, -0.15) is 18.4 Å². The zero-order chi connectivity index (χ0) is 16.0. The van der Waals surface area contributed by atoms with Gasteiger partial charge in [0.1, 0.15) is 0 Å². The number of hydrazone groups is 1. The number of rotatable bonds is 5. The third kappa shape index (κ3) is 4.56. The normalized spacial score (nSPS) is 12.5. The van der Waals surface area contributed by atoms with E-state index in [-0.39, 0.29) is 4.90 Å². The van der Waals surface area contributed by atoms with E-state index >= 15 is 0 Å². The van der Waals surface area contributed by atoms with Gasteiger partial charge < -0.3 is 0 Å². The molecule has 5 heteroatoms. The van der Waals surface area contributed by atoms with E-state index in [1.165, 1.54) is 0 Å². The molecule has 2 aromatic rings. The van der Waals surface area contributed by atoms with Crippen molar-refractivity contribution >= 4 is 21.8 Å². The van der Waals surface area contributed by atoms with Crippen molar-refractivity contribution in [3.05, 3.63) is 71.8 Å². The average molecular weight is 314 g/mol. The maximum atomic E-state index is 12.1. The molecule has 2 aromatic carbocycles. The van der Waals surface area contributed by atoms with Gasteiger partial charge in [-0.3, -0.25) is 0 Å². The quantitative estimate of drug-likeness (QED) is 0.679. The minimum atomic E-state index is -3.63. The molecule has 1 N–H and O–H groups in total. The van der Waals surface area contributed by atoms with Crippen molar-refractivity contribution in [2.75, 3.05) is 0 Å². The summed E-state index contributed by atoms with van der Waals surface area (Å²) in [5, 5.41) is 3.90. The van der Waals surface area contributed by atoms with Crippen molar-refractivity contribution in [1.29, 1.82) is 0 Å². The third-order valence-corrected chi connectivity index (χ3v) is 4.21. The van der Waals surface area contributed by atoms with Crippen molar-refractivity contribution in [1.82, 2.24) is 4.83 Å². The summed E-state index contributed by atoms with van der Waals surface area (Å²) in [6.07, 6.45) is 3.63. The molecule has 2 rings (SSSR count). The Hall–Kier alpha value is -2.40. The average Bonchev–Trinajstić information content (AvgIpc) is 2.52. The van der Waals surface area contributed by atoms with Gasteiger partial charge in [0.05, 0.1) is 10.6 Å². The monoisotopic (exact) mass is 314 g/mol. The highest BCUT2D eigenvalue weighted by Gasteiger charge is 2.11. The van der Waals surface area contributed by atoms with Crippen molar-refractivity contribution in [3.8, 4) is 0 Å². The second-order valence-electron chi connectivity index (χ2n) is 4.90. The number of sulfonamides is 1. The molecule has 22 heavy (non-hydrogen) atoms. The first-order valence-corrected chi connectivity index (χ1v) is 8.31. The third-order valence-electron chi connectivity index (χ3n) is 2.99. The standard InChI is InChI=1S/C17H18N2O2S/c1-14-8-12-17(13-9-14)22(20,21)19-18-15(2)10-11-16-6-4-3-5-7-16/h3-13,19H,1-2H3/b11-10-,18-15+. The predicted molar refractivity (Wildman–Crippen MR) is 90.1 cm³/mol. The summed E-state index contributed by atoms with van der Waals surface area (Å²) >= 11 is 0. The lowest BCUT2D eigenvalue weighted by atomic mass is 10.2. The Balaban J connectivity index is 2.06. The Morgan fingerprint density at radius 2 is 1.68 bits per heavy atom. The molecule has 4 nitrogen and oxygen atoms in total. The van der Waals surface area contributed by atoms with Crippen LogP contribution in [0, 0.1) is 6.92 Å². The van der Waals surface area contributed by atoms with Gasteiger partial charge in [-0.1, -0.05) is 54.1 Å². The summed E-state index contributed by atoms with van der Waals surface area (Å²) in [5.74, 6) is 0. The zero-order valence-electron chi connectivity index (χ0n) is 12.5. The van der Waals surface area contributed by atoms with Crippen LogP contribution in [0.5, 0.6) is 0 Å². The van der Waals surface area contributed by atoms with Crippen LogP contribution in [0.3, 0.4) is 0 Å². The molecule has 0 aliphatic carbocycles. The van der Waals surface area contributed by atoms with E-state index < -0.39 is 10.0 Å². The molecular weight excluding hydrogens is 296 g/mol. The van der Waals surface area contributed by atoms with Crippen molar-refractivity contribution in [2.24, 2.45) is 5.10 Å². The molecular formula is C17H18N2O2S. The Kier molecular flexibility index (Phi) is 5.12. The van der Waals surface area contributed by atoms with Crippen LogP contribution in [0.15, 0.2) is 70.7 Å². The van der Waals surface area contributed by atoms with Crippen LogP contribution < -0.4 is 4.83 Å².